The molecule has 2 aromatic carbocycles. The van der Waals surface area contributed by atoms with Crippen LogP contribution in [0, 0.1) is 12.8 Å². The van der Waals surface area contributed by atoms with Gasteiger partial charge in [-0.05, 0) is 25.1 Å². The monoisotopic (exact) mass is 432 g/mol. The highest BCUT2D eigenvalue weighted by molar-refractivity contribution is 5.94. The van der Waals surface area contributed by atoms with E-state index in [0.717, 1.165) is 11.1 Å². The minimum absolute atomic E-state index is 0.0219. The van der Waals surface area contributed by atoms with Crippen molar-refractivity contribution in [2.75, 3.05) is 13.1 Å². The SMILES string of the molecule is Cc1ccc(-c2cc(C(=O)N3C[C@H](CC(N)=O)[C@H](OC(=O)c4ccccc4)C3)[nH]n2)cc1. The van der Waals surface area contributed by atoms with Gasteiger partial charge in [-0.2, -0.15) is 5.10 Å². The Hall–Kier alpha value is -3.94. The predicted molar refractivity (Wildman–Crippen MR) is 118 cm³/mol. The van der Waals surface area contributed by atoms with Gasteiger partial charge in [0.1, 0.15) is 11.8 Å². The second kappa shape index (κ2) is 9.05. The molecular weight excluding hydrogens is 408 g/mol. The van der Waals surface area contributed by atoms with Crippen molar-refractivity contribution < 1.29 is 19.1 Å². The number of likely N-dealkylation sites (tertiary alicyclic amines) is 1. The van der Waals surface area contributed by atoms with E-state index in [0.29, 0.717) is 17.0 Å². The van der Waals surface area contributed by atoms with Gasteiger partial charge in [0.05, 0.1) is 17.8 Å². The number of aromatic amines is 1. The lowest BCUT2D eigenvalue weighted by molar-refractivity contribution is -0.119. The molecule has 164 valence electrons. The molecule has 0 radical (unpaired) electrons. The fraction of sp³-hybridized carbons (Fsp3) is 0.250. The van der Waals surface area contributed by atoms with Crippen LogP contribution in [-0.2, 0) is 9.53 Å². The van der Waals surface area contributed by atoms with Crippen LogP contribution in [0.1, 0.15) is 32.8 Å². The average Bonchev–Trinajstić information content (AvgIpc) is 3.42. The molecule has 32 heavy (non-hydrogen) atoms. The van der Waals surface area contributed by atoms with Crippen LogP contribution in [0.5, 0.6) is 0 Å². The van der Waals surface area contributed by atoms with E-state index in [9.17, 15) is 14.4 Å². The van der Waals surface area contributed by atoms with Crippen molar-refractivity contribution in [3.63, 3.8) is 0 Å². The molecule has 8 nitrogen and oxygen atoms in total. The molecule has 1 aromatic heterocycles. The van der Waals surface area contributed by atoms with Crippen LogP contribution < -0.4 is 5.73 Å². The largest absolute Gasteiger partial charge is 0.457 e. The van der Waals surface area contributed by atoms with Gasteiger partial charge in [-0.3, -0.25) is 14.7 Å². The number of H-pyrrole nitrogens is 1. The highest BCUT2D eigenvalue weighted by Crippen LogP contribution is 2.26. The Labute approximate surface area is 185 Å². The molecule has 3 N–H and O–H groups in total. The normalized spacial score (nSPS) is 17.8. The van der Waals surface area contributed by atoms with Crippen molar-refractivity contribution >= 4 is 17.8 Å². The molecule has 0 spiro atoms. The van der Waals surface area contributed by atoms with Crippen molar-refractivity contribution in [2.24, 2.45) is 11.7 Å². The van der Waals surface area contributed by atoms with E-state index in [1.54, 1.807) is 41.3 Å². The molecule has 3 aromatic rings. The quantitative estimate of drug-likeness (QED) is 0.581. The zero-order chi connectivity index (χ0) is 22.7. The highest BCUT2D eigenvalue weighted by Gasteiger charge is 2.39. The minimum atomic E-state index is -0.626. The Morgan fingerprint density at radius 2 is 1.81 bits per heavy atom. The Morgan fingerprint density at radius 1 is 1.09 bits per heavy atom. The fourth-order valence-corrected chi connectivity index (χ4v) is 3.85. The number of carbonyl (C=O) groups excluding carboxylic acids is 3. The Kier molecular flexibility index (Phi) is 6.02. The number of nitrogens with one attached hydrogen (secondary N) is 1. The van der Waals surface area contributed by atoms with E-state index < -0.39 is 18.0 Å². The van der Waals surface area contributed by atoms with E-state index in [1.807, 2.05) is 31.2 Å². The molecule has 8 heteroatoms. The number of nitrogens with two attached hydrogens (primary N) is 1. The number of hydrogen-bond acceptors (Lipinski definition) is 5. The number of amides is 2. The van der Waals surface area contributed by atoms with Crippen molar-refractivity contribution in [2.45, 2.75) is 19.4 Å². The predicted octanol–water partition coefficient (Wildman–Crippen LogP) is 2.56. The van der Waals surface area contributed by atoms with Gasteiger partial charge in [0, 0.05) is 24.4 Å². The van der Waals surface area contributed by atoms with Crippen LogP contribution in [0.4, 0.5) is 0 Å². The number of aromatic nitrogens is 2. The van der Waals surface area contributed by atoms with E-state index in [2.05, 4.69) is 10.2 Å². The fourth-order valence-electron chi connectivity index (χ4n) is 3.85. The minimum Gasteiger partial charge on any atom is -0.457 e. The van der Waals surface area contributed by atoms with Crippen LogP contribution in [0.3, 0.4) is 0 Å². The van der Waals surface area contributed by atoms with Crippen LogP contribution in [0.15, 0.2) is 60.7 Å². The summed E-state index contributed by atoms with van der Waals surface area (Å²) in [6.45, 7) is 2.43. The lowest BCUT2D eigenvalue weighted by atomic mass is 10.0. The maximum Gasteiger partial charge on any atom is 0.338 e. The number of rotatable bonds is 6. The molecule has 4 rings (SSSR count). The third-order valence-corrected chi connectivity index (χ3v) is 5.56. The summed E-state index contributed by atoms with van der Waals surface area (Å²) < 4.78 is 5.65. The first-order valence-electron chi connectivity index (χ1n) is 10.4. The summed E-state index contributed by atoms with van der Waals surface area (Å²) in [5.74, 6) is -1.65. The summed E-state index contributed by atoms with van der Waals surface area (Å²) in [5, 5.41) is 7.04. The molecule has 0 saturated carbocycles. The van der Waals surface area contributed by atoms with E-state index in [4.69, 9.17) is 10.5 Å². The molecule has 1 fully saturated rings. The van der Waals surface area contributed by atoms with Crippen molar-refractivity contribution in [1.29, 1.82) is 0 Å². The Morgan fingerprint density at radius 3 is 2.50 bits per heavy atom. The molecular formula is C24H24N4O4. The number of hydrogen-bond donors (Lipinski definition) is 2. The Balaban J connectivity index is 1.48. The third-order valence-electron chi connectivity index (χ3n) is 5.56. The van der Waals surface area contributed by atoms with Crippen LogP contribution in [0.2, 0.25) is 0 Å². The van der Waals surface area contributed by atoms with Gasteiger partial charge < -0.3 is 15.4 Å². The van der Waals surface area contributed by atoms with Gasteiger partial charge in [-0.25, -0.2) is 4.79 Å². The smallest absolute Gasteiger partial charge is 0.338 e. The number of benzene rings is 2. The topological polar surface area (TPSA) is 118 Å². The first-order valence-corrected chi connectivity index (χ1v) is 10.4. The number of carbonyl (C=O) groups is 3. The van der Waals surface area contributed by atoms with Crippen LogP contribution >= 0.6 is 0 Å². The van der Waals surface area contributed by atoms with Crippen molar-refractivity contribution in [3.8, 4) is 11.3 Å². The third kappa shape index (κ3) is 4.69. The summed E-state index contributed by atoms with van der Waals surface area (Å²) in [4.78, 5) is 38.7. The van der Waals surface area contributed by atoms with Crippen molar-refractivity contribution in [3.05, 3.63) is 77.5 Å². The van der Waals surface area contributed by atoms with Gasteiger partial charge in [0.15, 0.2) is 0 Å². The molecule has 2 atom stereocenters. The molecule has 0 aliphatic carbocycles. The van der Waals surface area contributed by atoms with Gasteiger partial charge in [0.25, 0.3) is 5.91 Å². The number of aryl methyl sites for hydroxylation is 1. The molecule has 1 aliphatic rings. The first-order chi connectivity index (χ1) is 15.4. The summed E-state index contributed by atoms with van der Waals surface area (Å²) in [6.07, 6.45) is -0.604. The standard InChI is InChI=1S/C24H24N4O4/c1-15-7-9-16(10-8-15)19-12-20(27-26-19)23(30)28-13-18(11-22(25)29)21(14-28)32-24(31)17-5-3-2-4-6-17/h2-10,12,18,21H,11,13-14H2,1H3,(H2,25,29)(H,26,27)/t18-,21+/m0/s1. The summed E-state index contributed by atoms with van der Waals surface area (Å²) in [6, 6.07) is 18.1. The summed E-state index contributed by atoms with van der Waals surface area (Å²) >= 11 is 0. The zero-order valence-corrected chi connectivity index (χ0v) is 17.7. The van der Waals surface area contributed by atoms with Gasteiger partial charge in [-0.1, -0.05) is 48.0 Å². The molecule has 1 saturated heterocycles. The second-order valence-electron chi connectivity index (χ2n) is 7.98. The first kappa shape index (κ1) is 21.3. The highest BCUT2D eigenvalue weighted by atomic mass is 16.5. The van der Waals surface area contributed by atoms with E-state index >= 15 is 0 Å². The molecule has 0 bridgehead atoms. The van der Waals surface area contributed by atoms with Crippen molar-refractivity contribution in [1.82, 2.24) is 15.1 Å². The lowest BCUT2D eigenvalue weighted by Gasteiger charge is -2.17. The maximum atomic E-state index is 13.1. The number of ether oxygens (including phenoxy) is 1. The van der Waals surface area contributed by atoms with Gasteiger partial charge in [0.2, 0.25) is 5.91 Å². The lowest BCUT2D eigenvalue weighted by Crippen LogP contribution is -2.31. The summed E-state index contributed by atoms with van der Waals surface area (Å²) in [7, 11) is 0. The summed E-state index contributed by atoms with van der Waals surface area (Å²) in [5.41, 5.74) is 8.82. The molecule has 0 unspecified atom stereocenters. The second-order valence-corrected chi connectivity index (χ2v) is 7.98. The number of esters is 1. The van der Waals surface area contributed by atoms with E-state index in [-0.39, 0.29) is 31.3 Å². The van der Waals surface area contributed by atoms with E-state index in [1.165, 1.54) is 0 Å². The van der Waals surface area contributed by atoms with Gasteiger partial charge in [-0.15, -0.1) is 0 Å². The van der Waals surface area contributed by atoms with Gasteiger partial charge >= 0.3 is 5.97 Å². The zero-order valence-electron chi connectivity index (χ0n) is 17.7. The van der Waals surface area contributed by atoms with Crippen LogP contribution in [0.25, 0.3) is 11.3 Å². The number of primary amides is 1. The number of nitrogens with zero attached hydrogens (tertiary/aromatic N) is 2. The molecule has 2 heterocycles. The molecule has 1 aliphatic heterocycles. The Bertz CT molecular complexity index is 1120. The average molecular weight is 432 g/mol. The maximum absolute atomic E-state index is 13.1. The molecule has 2 amide bonds. The van der Waals surface area contributed by atoms with Crippen LogP contribution in [-0.4, -0.2) is 52.1 Å².